The van der Waals surface area contributed by atoms with E-state index in [1.54, 1.807) is 28.3 Å². The first-order chi connectivity index (χ1) is 20.3. The van der Waals surface area contributed by atoms with Crippen molar-refractivity contribution in [2.75, 3.05) is 29.9 Å². The SMILES string of the molecule is C=CC(=O)N1CCC(Nc2n[nH]c3nccc(-c4ccnc(N5CCn6c(cc7c6CC(C)(C)C7)C5=O)c4C=O)c23)C1. The number of aromatic amines is 1. The first kappa shape index (κ1) is 26.1. The number of likely N-dealkylation sites (tertiary alicyclic amines) is 1. The van der Waals surface area contributed by atoms with Crippen molar-refractivity contribution in [2.45, 2.75) is 45.7 Å². The summed E-state index contributed by atoms with van der Waals surface area (Å²) in [6.07, 6.45) is 8.07. The number of aldehydes is 1. The number of amides is 2. The summed E-state index contributed by atoms with van der Waals surface area (Å²) in [5.74, 6) is 0.691. The van der Waals surface area contributed by atoms with Gasteiger partial charge in [-0.15, -0.1) is 0 Å². The zero-order valence-electron chi connectivity index (χ0n) is 23.7. The molecule has 0 saturated carbocycles. The van der Waals surface area contributed by atoms with Gasteiger partial charge in [-0.2, -0.15) is 5.10 Å². The Morgan fingerprint density at radius 1 is 1.14 bits per heavy atom. The molecule has 42 heavy (non-hydrogen) atoms. The first-order valence-electron chi connectivity index (χ1n) is 14.3. The van der Waals surface area contributed by atoms with Crippen molar-refractivity contribution >= 4 is 40.8 Å². The number of pyridine rings is 2. The van der Waals surface area contributed by atoms with Crippen molar-refractivity contribution in [3.8, 4) is 11.1 Å². The molecule has 11 heteroatoms. The van der Waals surface area contributed by atoms with Crippen molar-refractivity contribution in [2.24, 2.45) is 5.41 Å². The maximum Gasteiger partial charge on any atom is 0.276 e. The zero-order chi connectivity index (χ0) is 29.2. The van der Waals surface area contributed by atoms with Crippen LogP contribution in [0.3, 0.4) is 0 Å². The van der Waals surface area contributed by atoms with E-state index in [-0.39, 0.29) is 23.3 Å². The van der Waals surface area contributed by atoms with Crippen molar-refractivity contribution in [1.82, 2.24) is 29.6 Å². The number of carbonyl (C=O) groups excluding carboxylic acids is 3. The highest BCUT2D eigenvalue weighted by Crippen LogP contribution is 2.40. The summed E-state index contributed by atoms with van der Waals surface area (Å²) in [5.41, 5.74) is 5.62. The van der Waals surface area contributed by atoms with Gasteiger partial charge >= 0.3 is 0 Å². The Labute approximate surface area is 242 Å². The van der Waals surface area contributed by atoms with E-state index >= 15 is 0 Å². The molecule has 1 unspecified atom stereocenters. The molecule has 4 aromatic rings. The molecule has 0 bridgehead atoms. The third kappa shape index (κ3) is 4.10. The minimum absolute atomic E-state index is 0.00131. The number of carbonyl (C=O) groups is 3. The molecule has 1 aliphatic carbocycles. The highest BCUT2D eigenvalue weighted by molar-refractivity contribution is 6.10. The van der Waals surface area contributed by atoms with Gasteiger partial charge < -0.3 is 14.8 Å². The Hall–Kier alpha value is -4.80. The van der Waals surface area contributed by atoms with E-state index in [1.807, 2.05) is 12.1 Å². The van der Waals surface area contributed by atoms with Crippen molar-refractivity contribution in [3.05, 3.63) is 65.8 Å². The molecular weight excluding hydrogens is 532 g/mol. The van der Waals surface area contributed by atoms with Gasteiger partial charge in [0.25, 0.3) is 5.91 Å². The molecule has 0 spiro atoms. The predicted octanol–water partition coefficient (Wildman–Crippen LogP) is 3.62. The average molecular weight is 565 g/mol. The second kappa shape index (κ2) is 9.64. The smallest absolute Gasteiger partial charge is 0.276 e. The Kier molecular flexibility index (Phi) is 6.00. The standard InChI is InChI=1S/C31H32N8O3/c1-4-25(41)37-10-7-19(16-37)34-28-26-21(6-8-32-27(26)35-36-28)20-5-9-33-29(22(20)17-40)39-12-11-38-23(30(39)42)13-18-14-31(2,3)15-24(18)38/h4-6,8-9,13,17,19H,1,7,10-12,14-16H2,2-3H3,(H2,32,34,35,36). The second-order valence-corrected chi connectivity index (χ2v) is 12.1. The van der Waals surface area contributed by atoms with Gasteiger partial charge in [0.2, 0.25) is 5.91 Å². The molecule has 1 atom stereocenters. The molecule has 2 aliphatic heterocycles. The first-order valence-corrected chi connectivity index (χ1v) is 14.3. The van der Waals surface area contributed by atoms with Crippen molar-refractivity contribution in [1.29, 1.82) is 0 Å². The molecule has 2 amide bonds. The maximum atomic E-state index is 13.8. The lowest BCUT2D eigenvalue weighted by molar-refractivity contribution is -0.125. The van der Waals surface area contributed by atoms with Crippen LogP contribution in [0.2, 0.25) is 0 Å². The van der Waals surface area contributed by atoms with Gasteiger partial charge in [-0.1, -0.05) is 20.4 Å². The van der Waals surface area contributed by atoms with Gasteiger partial charge in [-0.05, 0) is 65.6 Å². The molecule has 1 saturated heterocycles. The summed E-state index contributed by atoms with van der Waals surface area (Å²) in [7, 11) is 0. The molecule has 214 valence electrons. The number of H-pyrrole nitrogens is 1. The number of nitrogens with zero attached hydrogens (tertiary/aromatic N) is 6. The van der Waals surface area contributed by atoms with Crippen LogP contribution in [0, 0.1) is 5.41 Å². The number of aromatic nitrogens is 5. The molecule has 4 aromatic heterocycles. The summed E-state index contributed by atoms with van der Waals surface area (Å²) >= 11 is 0. The molecular formula is C31H32N8O3. The quantitative estimate of drug-likeness (QED) is 0.270. The average Bonchev–Trinajstić information content (AvgIpc) is 3.76. The summed E-state index contributed by atoms with van der Waals surface area (Å²) in [4.78, 5) is 50.9. The molecule has 3 aliphatic rings. The predicted molar refractivity (Wildman–Crippen MR) is 159 cm³/mol. The minimum atomic E-state index is -0.147. The highest BCUT2D eigenvalue weighted by Gasteiger charge is 2.37. The van der Waals surface area contributed by atoms with Crippen LogP contribution < -0.4 is 10.2 Å². The molecule has 0 radical (unpaired) electrons. The third-order valence-electron chi connectivity index (χ3n) is 8.73. The number of anilines is 2. The number of rotatable bonds is 6. The fourth-order valence-corrected chi connectivity index (χ4v) is 6.82. The molecule has 2 N–H and O–H groups in total. The van der Waals surface area contributed by atoms with Gasteiger partial charge in [-0.3, -0.25) is 24.4 Å². The zero-order valence-corrected chi connectivity index (χ0v) is 23.7. The molecule has 11 nitrogen and oxygen atoms in total. The summed E-state index contributed by atoms with van der Waals surface area (Å²) < 4.78 is 2.15. The molecule has 7 rings (SSSR count). The van der Waals surface area contributed by atoms with E-state index in [2.05, 4.69) is 50.5 Å². The Morgan fingerprint density at radius 2 is 1.95 bits per heavy atom. The van der Waals surface area contributed by atoms with Gasteiger partial charge in [-0.25, -0.2) is 9.97 Å². The Morgan fingerprint density at radius 3 is 2.76 bits per heavy atom. The number of fused-ring (bicyclic) bond motifs is 4. The van der Waals surface area contributed by atoms with Gasteiger partial charge in [0.1, 0.15) is 11.5 Å². The van der Waals surface area contributed by atoms with Crippen molar-refractivity contribution in [3.63, 3.8) is 0 Å². The van der Waals surface area contributed by atoms with Crippen LogP contribution in [0.15, 0.2) is 43.2 Å². The number of hydrogen-bond donors (Lipinski definition) is 2. The van der Waals surface area contributed by atoms with Gasteiger partial charge in [0.15, 0.2) is 17.8 Å². The van der Waals surface area contributed by atoms with Crippen LogP contribution in [0.1, 0.15) is 52.4 Å². The van der Waals surface area contributed by atoms with Crippen LogP contribution in [0.4, 0.5) is 11.6 Å². The Balaban J connectivity index is 1.24. The summed E-state index contributed by atoms with van der Waals surface area (Å²) in [6.45, 7) is 10.3. The van der Waals surface area contributed by atoms with E-state index in [0.29, 0.717) is 60.3 Å². The van der Waals surface area contributed by atoms with E-state index in [9.17, 15) is 14.4 Å². The van der Waals surface area contributed by atoms with E-state index < -0.39 is 0 Å². The van der Waals surface area contributed by atoms with Crippen LogP contribution in [-0.2, 0) is 24.2 Å². The third-order valence-corrected chi connectivity index (χ3v) is 8.73. The minimum Gasteiger partial charge on any atom is -0.363 e. The highest BCUT2D eigenvalue weighted by atomic mass is 16.2. The van der Waals surface area contributed by atoms with Crippen molar-refractivity contribution < 1.29 is 14.4 Å². The summed E-state index contributed by atoms with van der Waals surface area (Å²) in [5, 5.41) is 11.6. The van der Waals surface area contributed by atoms with Crippen LogP contribution in [0.25, 0.3) is 22.2 Å². The normalized spacial score (nSPS) is 19.2. The molecule has 6 heterocycles. The lowest BCUT2D eigenvalue weighted by atomic mass is 9.90. The fourth-order valence-electron chi connectivity index (χ4n) is 6.82. The van der Waals surface area contributed by atoms with Crippen LogP contribution >= 0.6 is 0 Å². The van der Waals surface area contributed by atoms with E-state index in [1.165, 1.54) is 17.3 Å². The fraction of sp³-hybridized carbons (Fsp3) is 0.355. The van der Waals surface area contributed by atoms with Gasteiger partial charge in [0.05, 0.1) is 10.9 Å². The monoisotopic (exact) mass is 564 g/mol. The number of nitrogens with one attached hydrogen (secondary N) is 2. The van der Waals surface area contributed by atoms with E-state index in [0.717, 1.165) is 36.5 Å². The lowest BCUT2D eigenvalue weighted by Gasteiger charge is -2.30. The largest absolute Gasteiger partial charge is 0.363 e. The lowest BCUT2D eigenvalue weighted by Crippen LogP contribution is -2.41. The number of hydrogen-bond acceptors (Lipinski definition) is 7. The van der Waals surface area contributed by atoms with Crippen LogP contribution in [0.5, 0.6) is 0 Å². The summed E-state index contributed by atoms with van der Waals surface area (Å²) in [6, 6.07) is 5.65. The molecule has 1 fully saturated rings. The second-order valence-electron chi connectivity index (χ2n) is 12.1. The van der Waals surface area contributed by atoms with Crippen LogP contribution in [-0.4, -0.2) is 73.4 Å². The Bertz CT molecular complexity index is 1780. The molecule has 0 aromatic carbocycles. The maximum absolute atomic E-state index is 13.8. The van der Waals surface area contributed by atoms with Gasteiger partial charge in [0, 0.05) is 50.3 Å². The van der Waals surface area contributed by atoms with E-state index in [4.69, 9.17) is 0 Å². The topological polar surface area (TPSA) is 129 Å².